The molecule has 2 aromatic carbocycles. The van der Waals surface area contributed by atoms with Crippen molar-refractivity contribution < 1.29 is 22.8 Å². The number of likely N-dealkylation sites (N-methyl/N-ethyl adjacent to an activating group) is 1. The van der Waals surface area contributed by atoms with Crippen molar-refractivity contribution in [1.29, 1.82) is 0 Å². The van der Waals surface area contributed by atoms with Crippen LogP contribution in [0.2, 0.25) is 5.02 Å². The summed E-state index contributed by atoms with van der Waals surface area (Å²) in [5.74, 6) is -1.12. The van der Waals surface area contributed by atoms with E-state index in [1.54, 1.807) is 32.0 Å². The van der Waals surface area contributed by atoms with E-state index >= 15 is 0 Å². The highest BCUT2D eigenvalue weighted by Gasteiger charge is 2.31. The van der Waals surface area contributed by atoms with Gasteiger partial charge in [-0.3, -0.25) is 9.59 Å². The first kappa shape index (κ1) is 20.8. The van der Waals surface area contributed by atoms with Crippen molar-refractivity contribution in [3.63, 3.8) is 0 Å². The molecular formula is C19H18ClF3N2O2. The Morgan fingerprint density at radius 3 is 2.48 bits per heavy atom. The number of amides is 2. The molecule has 0 bridgehead atoms. The standard InChI is InChI=1S/C19H18ClF3N2O2/c1-3-25(11-17(26)24-16-10-15(20)8-7-12(16)2)18(27)13-5-4-6-14(9-13)19(21,22)23/h4-10H,3,11H2,1-2H3,(H,24,26). The molecule has 0 spiro atoms. The van der Waals surface area contributed by atoms with Crippen molar-refractivity contribution in [2.24, 2.45) is 0 Å². The number of nitrogens with zero attached hydrogens (tertiary/aromatic N) is 1. The smallest absolute Gasteiger partial charge is 0.330 e. The van der Waals surface area contributed by atoms with Crippen LogP contribution in [0, 0.1) is 6.92 Å². The highest BCUT2D eigenvalue weighted by atomic mass is 35.5. The Morgan fingerprint density at radius 2 is 1.85 bits per heavy atom. The Kier molecular flexibility index (Phi) is 6.49. The fourth-order valence-electron chi connectivity index (χ4n) is 2.43. The minimum Gasteiger partial charge on any atom is -0.330 e. The van der Waals surface area contributed by atoms with E-state index in [0.29, 0.717) is 10.7 Å². The fraction of sp³-hybridized carbons (Fsp3) is 0.263. The van der Waals surface area contributed by atoms with Crippen molar-refractivity contribution in [2.45, 2.75) is 20.0 Å². The van der Waals surface area contributed by atoms with E-state index in [-0.39, 0.29) is 18.7 Å². The summed E-state index contributed by atoms with van der Waals surface area (Å²) in [6.07, 6.45) is -4.55. The molecule has 2 aromatic rings. The quantitative estimate of drug-likeness (QED) is 0.788. The first-order valence-electron chi connectivity index (χ1n) is 8.14. The monoisotopic (exact) mass is 398 g/mol. The second-order valence-electron chi connectivity index (χ2n) is 5.91. The Morgan fingerprint density at radius 1 is 1.15 bits per heavy atom. The third-order valence-corrected chi connectivity index (χ3v) is 4.15. The summed E-state index contributed by atoms with van der Waals surface area (Å²) in [6, 6.07) is 9.13. The van der Waals surface area contributed by atoms with Gasteiger partial charge >= 0.3 is 6.18 Å². The molecular weight excluding hydrogens is 381 g/mol. The first-order chi connectivity index (χ1) is 12.6. The third-order valence-electron chi connectivity index (χ3n) is 3.91. The van der Waals surface area contributed by atoms with Gasteiger partial charge < -0.3 is 10.2 Å². The average Bonchev–Trinajstić information content (AvgIpc) is 2.61. The van der Waals surface area contributed by atoms with Crippen molar-refractivity contribution in [3.05, 3.63) is 64.2 Å². The van der Waals surface area contributed by atoms with Gasteiger partial charge in [-0.15, -0.1) is 0 Å². The van der Waals surface area contributed by atoms with Crippen molar-refractivity contribution >= 4 is 29.1 Å². The molecule has 0 aliphatic carbocycles. The molecule has 0 fully saturated rings. The number of rotatable bonds is 5. The minimum absolute atomic E-state index is 0.126. The molecule has 0 aliphatic heterocycles. The number of hydrogen-bond acceptors (Lipinski definition) is 2. The van der Waals surface area contributed by atoms with Gasteiger partial charge in [0, 0.05) is 22.8 Å². The van der Waals surface area contributed by atoms with Crippen LogP contribution < -0.4 is 5.32 Å². The predicted octanol–water partition coefficient (Wildman–Crippen LogP) is 4.77. The summed E-state index contributed by atoms with van der Waals surface area (Å²) in [4.78, 5) is 26.0. The van der Waals surface area contributed by atoms with Crippen LogP contribution >= 0.6 is 11.6 Å². The van der Waals surface area contributed by atoms with Gasteiger partial charge in [-0.25, -0.2) is 0 Å². The van der Waals surface area contributed by atoms with E-state index in [2.05, 4.69) is 5.32 Å². The van der Waals surface area contributed by atoms with Crippen LogP contribution in [0.1, 0.15) is 28.4 Å². The van der Waals surface area contributed by atoms with Crippen LogP contribution in [0.4, 0.5) is 18.9 Å². The molecule has 4 nitrogen and oxygen atoms in total. The van der Waals surface area contributed by atoms with E-state index < -0.39 is 23.6 Å². The zero-order valence-corrected chi connectivity index (χ0v) is 15.5. The molecule has 0 aliphatic rings. The number of aryl methyl sites for hydroxylation is 1. The average molecular weight is 399 g/mol. The summed E-state index contributed by atoms with van der Waals surface area (Å²) in [7, 11) is 0. The number of hydrogen-bond donors (Lipinski definition) is 1. The van der Waals surface area contributed by atoms with E-state index in [1.807, 2.05) is 0 Å². The molecule has 0 saturated heterocycles. The molecule has 144 valence electrons. The molecule has 0 aromatic heterocycles. The Balaban J connectivity index is 2.13. The van der Waals surface area contributed by atoms with Gasteiger partial charge in [-0.2, -0.15) is 13.2 Å². The number of halogens is 4. The normalized spacial score (nSPS) is 11.2. The van der Waals surface area contributed by atoms with Crippen molar-refractivity contribution in [3.8, 4) is 0 Å². The number of carbonyl (C=O) groups is 2. The molecule has 8 heteroatoms. The lowest BCUT2D eigenvalue weighted by molar-refractivity contribution is -0.137. The van der Waals surface area contributed by atoms with Gasteiger partial charge in [-0.1, -0.05) is 23.7 Å². The third kappa shape index (κ3) is 5.47. The summed E-state index contributed by atoms with van der Waals surface area (Å²) in [6.45, 7) is 3.30. The molecule has 2 amide bonds. The van der Waals surface area contributed by atoms with E-state index in [9.17, 15) is 22.8 Å². The minimum atomic E-state index is -4.55. The van der Waals surface area contributed by atoms with Crippen LogP contribution in [0.5, 0.6) is 0 Å². The van der Waals surface area contributed by atoms with Gasteiger partial charge in [-0.05, 0) is 49.7 Å². The lowest BCUT2D eigenvalue weighted by atomic mass is 10.1. The zero-order valence-electron chi connectivity index (χ0n) is 14.7. The fourth-order valence-corrected chi connectivity index (χ4v) is 2.60. The number of benzene rings is 2. The maximum atomic E-state index is 12.8. The summed E-state index contributed by atoms with van der Waals surface area (Å²) < 4.78 is 38.5. The first-order valence-corrected chi connectivity index (χ1v) is 8.52. The predicted molar refractivity (Wildman–Crippen MR) is 97.8 cm³/mol. The lowest BCUT2D eigenvalue weighted by Crippen LogP contribution is -2.38. The number of anilines is 1. The molecule has 27 heavy (non-hydrogen) atoms. The second kappa shape index (κ2) is 8.43. The van der Waals surface area contributed by atoms with Crippen LogP contribution in [0.15, 0.2) is 42.5 Å². The van der Waals surface area contributed by atoms with E-state index in [1.165, 1.54) is 17.0 Å². The van der Waals surface area contributed by atoms with Crippen LogP contribution in [-0.4, -0.2) is 29.8 Å². The van der Waals surface area contributed by atoms with Gasteiger partial charge in [0.1, 0.15) is 6.54 Å². The summed E-state index contributed by atoms with van der Waals surface area (Å²) >= 11 is 5.91. The lowest BCUT2D eigenvalue weighted by Gasteiger charge is -2.21. The SMILES string of the molecule is CCN(CC(=O)Nc1cc(Cl)ccc1C)C(=O)c1cccc(C(F)(F)F)c1. The van der Waals surface area contributed by atoms with Gasteiger partial charge in [0.05, 0.1) is 5.56 Å². The number of alkyl halides is 3. The molecule has 1 N–H and O–H groups in total. The van der Waals surface area contributed by atoms with E-state index in [0.717, 1.165) is 17.7 Å². The number of carbonyl (C=O) groups excluding carboxylic acids is 2. The molecule has 0 unspecified atom stereocenters. The molecule has 0 heterocycles. The maximum absolute atomic E-state index is 12.8. The molecule has 0 radical (unpaired) electrons. The highest BCUT2D eigenvalue weighted by molar-refractivity contribution is 6.31. The van der Waals surface area contributed by atoms with Gasteiger partial charge in [0.25, 0.3) is 5.91 Å². The molecule has 2 rings (SSSR count). The summed E-state index contributed by atoms with van der Waals surface area (Å²) in [5.41, 5.74) is 0.261. The second-order valence-corrected chi connectivity index (χ2v) is 6.34. The summed E-state index contributed by atoms with van der Waals surface area (Å²) in [5, 5.41) is 3.11. The maximum Gasteiger partial charge on any atom is 0.416 e. The van der Waals surface area contributed by atoms with Crippen molar-refractivity contribution in [2.75, 3.05) is 18.4 Å². The Hall–Kier alpha value is -2.54. The topological polar surface area (TPSA) is 49.4 Å². The molecule has 0 atom stereocenters. The number of nitrogens with one attached hydrogen (secondary N) is 1. The van der Waals surface area contributed by atoms with Crippen molar-refractivity contribution in [1.82, 2.24) is 4.90 Å². The van der Waals surface area contributed by atoms with Crippen LogP contribution in [0.25, 0.3) is 0 Å². The Labute approximate surface area is 159 Å². The highest BCUT2D eigenvalue weighted by Crippen LogP contribution is 2.29. The zero-order chi connectivity index (χ0) is 20.2. The van der Waals surface area contributed by atoms with Crippen LogP contribution in [0.3, 0.4) is 0 Å². The Bertz CT molecular complexity index is 853. The van der Waals surface area contributed by atoms with Gasteiger partial charge in [0.2, 0.25) is 5.91 Å². The van der Waals surface area contributed by atoms with Crippen LogP contribution in [-0.2, 0) is 11.0 Å². The van der Waals surface area contributed by atoms with Gasteiger partial charge in [0.15, 0.2) is 0 Å². The largest absolute Gasteiger partial charge is 0.416 e. The van der Waals surface area contributed by atoms with E-state index in [4.69, 9.17) is 11.6 Å². The molecule has 0 saturated carbocycles.